The molecule has 1 atom stereocenters. The van der Waals surface area contributed by atoms with Crippen LogP contribution >= 0.6 is 0 Å². The third-order valence-corrected chi connectivity index (χ3v) is 1.99. The van der Waals surface area contributed by atoms with Gasteiger partial charge in [0.05, 0.1) is 0 Å². The second kappa shape index (κ2) is 2.90. The zero-order chi connectivity index (χ0) is 9.26. The molecule has 1 amide bonds. The first kappa shape index (κ1) is 7.79. The molecule has 0 saturated heterocycles. The molecule has 0 aliphatic carbocycles. The number of carbonyl (C=O) groups is 1. The SMILES string of the molecule is NC1=NNC(=O)[C@@H]1c1ccccc1. The van der Waals surface area contributed by atoms with Crippen molar-refractivity contribution in [3.63, 3.8) is 0 Å². The largest absolute Gasteiger partial charge is 0.385 e. The molecule has 66 valence electrons. The predicted octanol–water partition coefficient (Wildman–Crippen LogP) is 0.172. The Kier molecular flexibility index (Phi) is 1.73. The van der Waals surface area contributed by atoms with E-state index in [-0.39, 0.29) is 5.91 Å². The topological polar surface area (TPSA) is 67.5 Å². The van der Waals surface area contributed by atoms with Gasteiger partial charge in [0, 0.05) is 0 Å². The molecule has 1 aliphatic rings. The first-order valence-electron chi connectivity index (χ1n) is 3.97. The third kappa shape index (κ3) is 1.26. The van der Waals surface area contributed by atoms with E-state index in [0.29, 0.717) is 5.84 Å². The Labute approximate surface area is 75.4 Å². The summed E-state index contributed by atoms with van der Waals surface area (Å²) >= 11 is 0. The van der Waals surface area contributed by atoms with E-state index < -0.39 is 5.92 Å². The molecular formula is C9H9N3O. The summed E-state index contributed by atoms with van der Waals surface area (Å²) in [7, 11) is 0. The number of amidine groups is 1. The summed E-state index contributed by atoms with van der Waals surface area (Å²) in [6.07, 6.45) is 0. The molecule has 0 aromatic heterocycles. The number of hydrogen-bond donors (Lipinski definition) is 2. The molecule has 1 heterocycles. The summed E-state index contributed by atoms with van der Waals surface area (Å²) in [4.78, 5) is 11.3. The quantitative estimate of drug-likeness (QED) is 0.639. The number of nitrogens with two attached hydrogens (primary N) is 1. The first-order chi connectivity index (χ1) is 6.29. The number of amides is 1. The van der Waals surface area contributed by atoms with Gasteiger partial charge in [0.2, 0.25) is 0 Å². The van der Waals surface area contributed by atoms with Crippen molar-refractivity contribution in [2.75, 3.05) is 0 Å². The van der Waals surface area contributed by atoms with Crippen molar-refractivity contribution < 1.29 is 4.79 Å². The van der Waals surface area contributed by atoms with Crippen LogP contribution in [0.15, 0.2) is 35.4 Å². The molecule has 3 N–H and O–H groups in total. The van der Waals surface area contributed by atoms with Gasteiger partial charge >= 0.3 is 0 Å². The maximum Gasteiger partial charge on any atom is 0.255 e. The maximum absolute atomic E-state index is 11.3. The predicted molar refractivity (Wildman–Crippen MR) is 48.9 cm³/mol. The van der Waals surface area contributed by atoms with Crippen LogP contribution in [-0.2, 0) is 4.79 Å². The highest BCUT2D eigenvalue weighted by atomic mass is 16.2. The second-order valence-corrected chi connectivity index (χ2v) is 2.86. The molecule has 0 saturated carbocycles. The third-order valence-electron chi connectivity index (χ3n) is 1.99. The van der Waals surface area contributed by atoms with E-state index >= 15 is 0 Å². The summed E-state index contributed by atoms with van der Waals surface area (Å²) in [5.41, 5.74) is 8.78. The highest BCUT2D eigenvalue weighted by Gasteiger charge is 2.29. The average molecular weight is 175 g/mol. The lowest BCUT2D eigenvalue weighted by atomic mass is 9.98. The Morgan fingerprint density at radius 3 is 2.54 bits per heavy atom. The van der Waals surface area contributed by atoms with E-state index in [1.807, 2.05) is 30.3 Å². The summed E-state index contributed by atoms with van der Waals surface area (Å²) in [6, 6.07) is 9.35. The lowest BCUT2D eigenvalue weighted by Crippen LogP contribution is -2.25. The van der Waals surface area contributed by atoms with Crippen LogP contribution in [0.25, 0.3) is 0 Å². The van der Waals surface area contributed by atoms with Gasteiger partial charge in [-0.05, 0) is 5.56 Å². The molecule has 1 aromatic rings. The highest BCUT2D eigenvalue weighted by molar-refractivity contribution is 6.10. The summed E-state index contributed by atoms with van der Waals surface area (Å²) in [5.74, 6) is -0.249. The van der Waals surface area contributed by atoms with Crippen LogP contribution in [0.4, 0.5) is 0 Å². The van der Waals surface area contributed by atoms with E-state index in [1.165, 1.54) is 0 Å². The van der Waals surface area contributed by atoms with Crippen LogP contribution in [0, 0.1) is 0 Å². The molecule has 0 fully saturated rings. The normalized spacial score (nSPS) is 21.1. The van der Waals surface area contributed by atoms with Crippen molar-refractivity contribution in [2.45, 2.75) is 5.92 Å². The first-order valence-corrected chi connectivity index (χ1v) is 3.97. The minimum atomic E-state index is -0.416. The van der Waals surface area contributed by atoms with Crippen LogP contribution in [0.5, 0.6) is 0 Å². The van der Waals surface area contributed by atoms with Gasteiger partial charge in [0.25, 0.3) is 5.91 Å². The minimum Gasteiger partial charge on any atom is -0.385 e. The Bertz CT molecular complexity index is 358. The number of rotatable bonds is 1. The Morgan fingerprint density at radius 1 is 1.31 bits per heavy atom. The smallest absolute Gasteiger partial charge is 0.255 e. The highest BCUT2D eigenvalue weighted by Crippen LogP contribution is 2.18. The molecular weight excluding hydrogens is 166 g/mol. The minimum absolute atomic E-state index is 0.163. The van der Waals surface area contributed by atoms with Crippen molar-refractivity contribution in [1.82, 2.24) is 5.43 Å². The summed E-state index contributed by atoms with van der Waals surface area (Å²) in [5, 5.41) is 3.67. The van der Waals surface area contributed by atoms with Crippen molar-refractivity contribution in [2.24, 2.45) is 10.8 Å². The molecule has 0 bridgehead atoms. The van der Waals surface area contributed by atoms with Gasteiger partial charge < -0.3 is 5.73 Å². The molecule has 4 heteroatoms. The molecule has 0 unspecified atom stereocenters. The molecule has 0 spiro atoms. The van der Waals surface area contributed by atoms with Gasteiger partial charge in [-0.1, -0.05) is 30.3 Å². The number of carbonyl (C=O) groups excluding carboxylic acids is 1. The number of nitrogens with one attached hydrogen (secondary N) is 1. The van der Waals surface area contributed by atoms with Gasteiger partial charge in [-0.3, -0.25) is 4.79 Å². The van der Waals surface area contributed by atoms with E-state index in [2.05, 4.69) is 10.5 Å². The molecule has 0 radical (unpaired) electrons. The lowest BCUT2D eigenvalue weighted by Gasteiger charge is -2.06. The van der Waals surface area contributed by atoms with Gasteiger partial charge in [0.15, 0.2) is 0 Å². The summed E-state index contributed by atoms with van der Waals surface area (Å²) in [6.45, 7) is 0. The second-order valence-electron chi connectivity index (χ2n) is 2.86. The fraction of sp³-hybridized carbons (Fsp3) is 0.111. The van der Waals surface area contributed by atoms with Crippen molar-refractivity contribution in [3.8, 4) is 0 Å². The molecule has 13 heavy (non-hydrogen) atoms. The van der Waals surface area contributed by atoms with Crippen LogP contribution in [0.1, 0.15) is 11.5 Å². The van der Waals surface area contributed by atoms with E-state index in [0.717, 1.165) is 5.56 Å². The van der Waals surface area contributed by atoms with Gasteiger partial charge in [-0.15, -0.1) is 0 Å². The van der Waals surface area contributed by atoms with Gasteiger partial charge in [-0.2, -0.15) is 5.10 Å². The van der Waals surface area contributed by atoms with Crippen molar-refractivity contribution in [3.05, 3.63) is 35.9 Å². The maximum atomic E-state index is 11.3. The van der Waals surface area contributed by atoms with Crippen LogP contribution in [0.2, 0.25) is 0 Å². The molecule has 1 aromatic carbocycles. The lowest BCUT2D eigenvalue weighted by molar-refractivity contribution is -0.120. The monoisotopic (exact) mass is 175 g/mol. The standard InChI is InChI=1S/C9H9N3O/c10-8-7(9(13)12-11-8)6-4-2-1-3-5-6/h1-5,7H,(H2,10,11)(H,12,13)/t7-/m1/s1. The van der Waals surface area contributed by atoms with Crippen molar-refractivity contribution in [1.29, 1.82) is 0 Å². The summed E-state index contributed by atoms with van der Waals surface area (Å²) < 4.78 is 0. The zero-order valence-electron chi connectivity index (χ0n) is 6.90. The zero-order valence-corrected chi connectivity index (χ0v) is 6.90. The number of nitrogens with zero attached hydrogens (tertiary/aromatic N) is 1. The fourth-order valence-electron chi connectivity index (χ4n) is 1.35. The fourth-order valence-corrected chi connectivity index (χ4v) is 1.35. The van der Waals surface area contributed by atoms with Crippen LogP contribution in [-0.4, -0.2) is 11.7 Å². The number of benzene rings is 1. The number of hydrazone groups is 1. The van der Waals surface area contributed by atoms with Crippen LogP contribution < -0.4 is 11.2 Å². The van der Waals surface area contributed by atoms with E-state index in [1.54, 1.807) is 0 Å². The molecule has 2 rings (SSSR count). The van der Waals surface area contributed by atoms with Crippen molar-refractivity contribution >= 4 is 11.7 Å². The number of hydrogen-bond acceptors (Lipinski definition) is 3. The molecule has 4 nitrogen and oxygen atoms in total. The van der Waals surface area contributed by atoms with Crippen LogP contribution in [0.3, 0.4) is 0 Å². The van der Waals surface area contributed by atoms with Gasteiger partial charge in [0.1, 0.15) is 11.8 Å². The van der Waals surface area contributed by atoms with Gasteiger partial charge in [-0.25, -0.2) is 5.43 Å². The van der Waals surface area contributed by atoms with E-state index in [4.69, 9.17) is 5.73 Å². The average Bonchev–Trinajstić information content (AvgIpc) is 2.48. The molecule has 1 aliphatic heterocycles. The Morgan fingerprint density at radius 2 is 2.00 bits per heavy atom. The Hall–Kier alpha value is -1.84. The van der Waals surface area contributed by atoms with E-state index in [9.17, 15) is 4.79 Å². The Balaban J connectivity index is 2.36.